The summed E-state index contributed by atoms with van der Waals surface area (Å²) < 4.78 is 7.81. The molecule has 1 radical (unpaired) electrons. The Morgan fingerprint density at radius 3 is 2.56 bits per heavy atom. The van der Waals surface area contributed by atoms with Crippen LogP contribution >= 0.6 is 0 Å². The lowest BCUT2D eigenvalue weighted by Gasteiger charge is -1.99. The summed E-state index contributed by atoms with van der Waals surface area (Å²) in [6.45, 7) is 0. The van der Waals surface area contributed by atoms with Gasteiger partial charge in [0.15, 0.2) is 0 Å². The normalized spacial score (nSPS) is 11.3. The molecule has 0 saturated carbocycles. The van der Waals surface area contributed by atoms with E-state index in [1.165, 1.54) is 0 Å². The number of para-hydroxylation sites is 2. The van der Waals surface area contributed by atoms with Crippen molar-refractivity contribution >= 4 is 21.9 Å². The van der Waals surface area contributed by atoms with E-state index in [9.17, 15) is 0 Å². The standard InChI is InChI=1S/C16H10NO/c1-3-7-14-12(5-1)9-10-17(14)16-11-13-6-2-4-8-15(13)18-16/h1-9,11H. The third-order valence-electron chi connectivity index (χ3n) is 3.16. The molecular formula is C16H10NO. The zero-order valence-electron chi connectivity index (χ0n) is 9.63. The number of fused-ring (bicyclic) bond motifs is 2. The first-order valence-electron chi connectivity index (χ1n) is 5.89. The highest BCUT2D eigenvalue weighted by Gasteiger charge is 2.08. The van der Waals surface area contributed by atoms with Crippen molar-refractivity contribution in [2.24, 2.45) is 0 Å². The topological polar surface area (TPSA) is 18.1 Å². The molecule has 2 heterocycles. The minimum absolute atomic E-state index is 0.803. The molecular weight excluding hydrogens is 222 g/mol. The first-order chi connectivity index (χ1) is 8.92. The second kappa shape index (κ2) is 3.50. The van der Waals surface area contributed by atoms with Crippen molar-refractivity contribution in [3.63, 3.8) is 0 Å². The Balaban J connectivity index is 2.01. The number of nitrogens with zero attached hydrogens (tertiary/aromatic N) is 1. The quantitative estimate of drug-likeness (QED) is 0.481. The predicted molar refractivity (Wildman–Crippen MR) is 71.9 cm³/mol. The van der Waals surface area contributed by atoms with Crippen LogP contribution in [0.5, 0.6) is 0 Å². The Bertz CT molecular complexity index is 805. The van der Waals surface area contributed by atoms with Crippen LogP contribution < -0.4 is 0 Å². The van der Waals surface area contributed by atoms with Gasteiger partial charge in [-0.15, -0.1) is 0 Å². The van der Waals surface area contributed by atoms with Crippen LogP contribution in [0.2, 0.25) is 0 Å². The van der Waals surface area contributed by atoms with Crippen LogP contribution in [0.4, 0.5) is 0 Å². The molecule has 4 rings (SSSR count). The molecule has 2 nitrogen and oxygen atoms in total. The van der Waals surface area contributed by atoms with Crippen molar-refractivity contribution in [3.05, 3.63) is 66.9 Å². The van der Waals surface area contributed by atoms with Crippen LogP contribution in [-0.4, -0.2) is 4.57 Å². The Hall–Kier alpha value is -2.48. The first kappa shape index (κ1) is 9.54. The maximum Gasteiger partial charge on any atom is 0.205 e. The minimum Gasteiger partial charge on any atom is -0.440 e. The van der Waals surface area contributed by atoms with E-state index in [2.05, 4.69) is 18.3 Å². The molecule has 0 amide bonds. The second-order valence-electron chi connectivity index (χ2n) is 4.29. The van der Waals surface area contributed by atoms with Crippen molar-refractivity contribution in [2.45, 2.75) is 0 Å². The summed E-state index contributed by atoms with van der Waals surface area (Å²) in [5, 5.41) is 2.27. The molecule has 18 heavy (non-hydrogen) atoms. The molecule has 0 bridgehead atoms. The minimum atomic E-state index is 0.803. The van der Waals surface area contributed by atoms with E-state index in [1.807, 2.05) is 53.1 Å². The monoisotopic (exact) mass is 232 g/mol. The number of hydrogen-bond donors (Lipinski definition) is 0. The third-order valence-corrected chi connectivity index (χ3v) is 3.16. The van der Waals surface area contributed by atoms with Gasteiger partial charge in [-0.1, -0.05) is 36.4 Å². The maximum absolute atomic E-state index is 5.85. The van der Waals surface area contributed by atoms with Crippen LogP contribution in [0.1, 0.15) is 0 Å². The molecule has 85 valence electrons. The van der Waals surface area contributed by atoms with Gasteiger partial charge in [-0.05, 0) is 18.2 Å². The van der Waals surface area contributed by atoms with Crippen molar-refractivity contribution < 1.29 is 4.42 Å². The molecule has 2 aromatic carbocycles. The summed E-state index contributed by atoms with van der Waals surface area (Å²) in [4.78, 5) is 0. The summed E-state index contributed by atoms with van der Waals surface area (Å²) >= 11 is 0. The summed E-state index contributed by atoms with van der Waals surface area (Å²) in [6, 6.07) is 20.2. The molecule has 0 unspecified atom stereocenters. The molecule has 4 aromatic rings. The molecule has 0 aliphatic rings. The highest BCUT2D eigenvalue weighted by molar-refractivity contribution is 5.84. The first-order valence-corrected chi connectivity index (χ1v) is 5.89. The van der Waals surface area contributed by atoms with Gasteiger partial charge >= 0.3 is 0 Å². The van der Waals surface area contributed by atoms with Gasteiger partial charge in [-0.25, -0.2) is 0 Å². The Labute approximate surface area is 104 Å². The van der Waals surface area contributed by atoms with Crippen molar-refractivity contribution in [1.29, 1.82) is 0 Å². The van der Waals surface area contributed by atoms with Gasteiger partial charge in [-0.3, -0.25) is 4.57 Å². The molecule has 0 aliphatic heterocycles. The van der Waals surface area contributed by atoms with E-state index in [0.717, 1.165) is 27.8 Å². The number of furan rings is 1. The average Bonchev–Trinajstić information content (AvgIpc) is 3.02. The lowest BCUT2D eigenvalue weighted by Crippen LogP contribution is -1.88. The Morgan fingerprint density at radius 1 is 0.889 bits per heavy atom. The van der Waals surface area contributed by atoms with Gasteiger partial charge in [-0.2, -0.15) is 0 Å². The van der Waals surface area contributed by atoms with E-state index >= 15 is 0 Å². The lowest BCUT2D eigenvalue weighted by atomic mass is 10.2. The molecule has 2 aromatic heterocycles. The van der Waals surface area contributed by atoms with Gasteiger partial charge in [0.05, 0.1) is 11.7 Å². The molecule has 0 saturated heterocycles. The average molecular weight is 232 g/mol. The molecule has 0 aliphatic carbocycles. The maximum atomic E-state index is 5.85. The highest BCUT2D eigenvalue weighted by Crippen LogP contribution is 2.25. The van der Waals surface area contributed by atoms with Crippen molar-refractivity contribution in [2.75, 3.05) is 0 Å². The highest BCUT2D eigenvalue weighted by atomic mass is 16.3. The molecule has 0 N–H and O–H groups in total. The van der Waals surface area contributed by atoms with E-state index in [-0.39, 0.29) is 0 Å². The Kier molecular flexibility index (Phi) is 1.86. The smallest absolute Gasteiger partial charge is 0.205 e. The van der Waals surface area contributed by atoms with Gasteiger partial charge in [0.1, 0.15) is 5.58 Å². The molecule has 0 atom stereocenters. The fourth-order valence-corrected chi connectivity index (χ4v) is 2.28. The van der Waals surface area contributed by atoms with E-state index in [4.69, 9.17) is 4.42 Å². The van der Waals surface area contributed by atoms with E-state index < -0.39 is 0 Å². The van der Waals surface area contributed by atoms with Gasteiger partial charge in [0.2, 0.25) is 5.88 Å². The van der Waals surface area contributed by atoms with E-state index in [0.29, 0.717) is 0 Å². The number of aromatic nitrogens is 1. The van der Waals surface area contributed by atoms with Gasteiger partial charge in [0.25, 0.3) is 0 Å². The zero-order valence-corrected chi connectivity index (χ0v) is 9.63. The zero-order chi connectivity index (χ0) is 11.9. The number of rotatable bonds is 1. The molecule has 0 fully saturated rings. The van der Waals surface area contributed by atoms with E-state index in [1.54, 1.807) is 0 Å². The Morgan fingerprint density at radius 2 is 1.67 bits per heavy atom. The molecule has 0 spiro atoms. The summed E-state index contributed by atoms with van der Waals surface area (Å²) in [5.41, 5.74) is 2.01. The largest absolute Gasteiger partial charge is 0.440 e. The number of hydrogen-bond acceptors (Lipinski definition) is 1. The van der Waals surface area contributed by atoms with Crippen molar-refractivity contribution in [3.8, 4) is 5.88 Å². The molecule has 2 heteroatoms. The fourth-order valence-electron chi connectivity index (χ4n) is 2.28. The SMILES string of the molecule is [c]1cc2ccccc2n1-c1cc2ccccc2o1. The van der Waals surface area contributed by atoms with Crippen LogP contribution in [0.25, 0.3) is 27.8 Å². The van der Waals surface area contributed by atoms with Crippen LogP contribution in [0.15, 0.2) is 65.1 Å². The second-order valence-corrected chi connectivity index (χ2v) is 4.29. The summed E-state index contributed by atoms with van der Waals surface area (Å²) in [7, 11) is 0. The van der Waals surface area contributed by atoms with Crippen LogP contribution in [0, 0.1) is 6.20 Å². The summed E-state index contributed by atoms with van der Waals surface area (Å²) in [5.74, 6) is 0.803. The lowest BCUT2D eigenvalue weighted by molar-refractivity contribution is 0.585. The fraction of sp³-hybridized carbons (Fsp3) is 0. The summed E-state index contributed by atoms with van der Waals surface area (Å²) in [6.07, 6.45) is 3.21. The number of benzene rings is 2. The van der Waals surface area contributed by atoms with Crippen LogP contribution in [0.3, 0.4) is 0 Å². The van der Waals surface area contributed by atoms with Gasteiger partial charge in [0, 0.05) is 16.8 Å². The van der Waals surface area contributed by atoms with Crippen LogP contribution in [-0.2, 0) is 0 Å². The van der Waals surface area contributed by atoms with Gasteiger partial charge < -0.3 is 4.42 Å². The third kappa shape index (κ3) is 1.29. The predicted octanol–water partition coefficient (Wildman–Crippen LogP) is 4.18. The van der Waals surface area contributed by atoms with Crippen molar-refractivity contribution in [1.82, 2.24) is 4.57 Å².